The molecule has 0 amide bonds. The molecule has 1 aromatic heterocycles. The summed E-state index contributed by atoms with van der Waals surface area (Å²) in [6.45, 7) is 3.64. The minimum atomic E-state index is -3.52. The van der Waals surface area contributed by atoms with Crippen LogP contribution in [0.4, 0.5) is 5.82 Å². The summed E-state index contributed by atoms with van der Waals surface area (Å²) in [5.74, 6) is 0.387. The quantitative estimate of drug-likeness (QED) is 0.778. The van der Waals surface area contributed by atoms with Crippen LogP contribution < -0.4 is 5.32 Å². The maximum Gasteiger partial charge on any atom is 0.246 e. The van der Waals surface area contributed by atoms with Crippen LogP contribution in [0.15, 0.2) is 23.2 Å². The van der Waals surface area contributed by atoms with Crippen molar-refractivity contribution in [1.29, 1.82) is 0 Å². The summed E-state index contributed by atoms with van der Waals surface area (Å²) in [6, 6.07) is 3.23. The van der Waals surface area contributed by atoms with E-state index in [0.29, 0.717) is 25.5 Å². The Hall–Kier alpha value is -1.18. The van der Waals surface area contributed by atoms with E-state index in [0.717, 1.165) is 6.42 Å². The maximum absolute atomic E-state index is 12.7. The molecule has 1 heterocycles. The third-order valence-corrected chi connectivity index (χ3v) is 4.83. The van der Waals surface area contributed by atoms with Crippen LogP contribution in [-0.4, -0.2) is 63.4 Å². The smallest absolute Gasteiger partial charge is 0.246 e. The van der Waals surface area contributed by atoms with Gasteiger partial charge in [0.2, 0.25) is 10.0 Å². The van der Waals surface area contributed by atoms with Crippen molar-refractivity contribution < 1.29 is 8.42 Å². The molecule has 0 bridgehead atoms. The highest BCUT2D eigenvalue weighted by molar-refractivity contribution is 7.89. The summed E-state index contributed by atoms with van der Waals surface area (Å²) in [6.07, 6.45) is 2.36. The molecule has 0 aromatic carbocycles. The van der Waals surface area contributed by atoms with Crippen molar-refractivity contribution in [1.82, 2.24) is 14.2 Å². The van der Waals surface area contributed by atoms with Crippen LogP contribution in [0.3, 0.4) is 0 Å². The summed E-state index contributed by atoms with van der Waals surface area (Å²) >= 11 is 0. The van der Waals surface area contributed by atoms with E-state index < -0.39 is 10.0 Å². The lowest BCUT2D eigenvalue weighted by atomic mass is 10.4. The zero-order chi connectivity index (χ0) is 15.2. The Bertz CT molecular complexity index is 517. The van der Waals surface area contributed by atoms with Gasteiger partial charge in [-0.25, -0.2) is 13.4 Å². The normalized spacial score (nSPS) is 12.1. The van der Waals surface area contributed by atoms with E-state index in [1.165, 1.54) is 4.31 Å². The van der Waals surface area contributed by atoms with Gasteiger partial charge in [0.25, 0.3) is 0 Å². The van der Waals surface area contributed by atoms with E-state index in [2.05, 4.69) is 10.3 Å². The maximum atomic E-state index is 12.7. The largest absolute Gasteiger partial charge is 0.372 e. The third-order valence-electron chi connectivity index (χ3n) is 2.89. The van der Waals surface area contributed by atoms with Gasteiger partial charge in [-0.3, -0.25) is 0 Å². The van der Waals surface area contributed by atoms with Gasteiger partial charge in [-0.2, -0.15) is 4.31 Å². The zero-order valence-electron chi connectivity index (χ0n) is 12.6. The highest BCUT2D eigenvalue weighted by Crippen LogP contribution is 2.22. The Morgan fingerprint density at radius 1 is 1.25 bits per heavy atom. The molecule has 0 radical (unpaired) electrons. The van der Waals surface area contributed by atoms with Crippen LogP contribution in [0, 0.1) is 0 Å². The first-order chi connectivity index (χ1) is 9.43. The second-order valence-electron chi connectivity index (χ2n) is 4.81. The molecule has 0 saturated heterocycles. The Morgan fingerprint density at radius 3 is 2.50 bits per heavy atom. The Balaban J connectivity index is 3.09. The predicted octanol–water partition coefficient (Wildman–Crippen LogP) is 1.09. The van der Waals surface area contributed by atoms with Crippen LogP contribution in [0.2, 0.25) is 0 Å². The molecule has 114 valence electrons. The van der Waals surface area contributed by atoms with Crippen molar-refractivity contribution in [2.45, 2.75) is 18.2 Å². The molecular weight excluding hydrogens is 276 g/mol. The Labute approximate surface area is 121 Å². The molecular formula is C13H24N4O2S. The van der Waals surface area contributed by atoms with Gasteiger partial charge in [0.05, 0.1) is 0 Å². The van der Waals surface area contributed by atoms with E-state index >= 15 is 0 Å². The first kappa shape index (κ1) is 16.9. The van der Waals surface area contributed by atoms with Gasteiger partial charge >= 0.3 is 0 Å². The minimum absolute atomic E-state index is 0.231. The van der Waals surface area contributed by atoms with E-state index in [1.807, 2.05) is 25.9 Å². The van der Waals surface area contributed by atoms with Crippen molar-refractivity contribution >= 4 is 15.8 Å². The van der Waals surface area contributed by atoms with Gasteiger partial charge in [-0.05, 0) is 32.6 Å². The number of likely N-dealkylation sites (N-methyl/N-ethyl adjacent to an activating group) is 1. The number of nitrogens with zero attached hydrogens (tertiary/aromatic N) is 3. The highest BCUT2D eigenvalue weighted by atomic mass is 32.2. The first-order valence-corrected chi connectivity index (χ1v) is 8.15. The van der Waals surface area contributed by atoms with Gasteiger partial charge in [0.1, 0.15) is 10.7 Å². The number of aromatic nitrogens is 1. The third kappa shape index (κ3) is 4.16. The number of hydrogen-bond acceptors (Lipinski definition) is 5. The lowest BCUT2D eigenvalue weighted by Crippen LogP contribution is -2.37. The van der Waals surface area contributed by atoms with Crippen LogP contribution in [0.5, 0.6) is 0 Å². The molecule has 20 heavy (non-hydrogen) atoms. The summed E-state index contributed by atoms with van der Waals surface area (Å²) in [4.78, 5) is 6.28. The molecule has 0 spiro atoms. The van der Waals surface area contributed by atoms with Crippen LogP contribution >= 0.6 is 0 Å². The van der Waals surface area contributed by atoms with Crippen molar-refractivity contribution in [3.05, 3.63) is 18.3 Å². The zero-order valence-corrected chi connectivity index (χ0v) is 13.4. The van der Waals surface area contributed by atoms with Crippen LogP contribution in [-0.2, 0) is 10.0 Å². The molecule has 1 N–H and O–H groups in total. The van der Waals surface area contributed by atoms with E-state index in [1.54, 1.807) is 25.4 Å². The molecule has 0 aliphatic rings. The number of rotatable bonds is 8. The van der Waals surface area contributed by atoms with E-state index in [4.69, 9.17) is 0 Å². The first-order valence-electron chi connectivity index (χ1n) is 6.71. The van der Waals surface area contributed by atoms with Crippen LogP contribution in [0.1, 0.15) is 13.3 Å². The standard InChI is InChI=1S/C13H24N4O2S/c1-5-9-17(11-10-16(3)4)20(18,19)12-7-6-8-15-13(12)14-2/h6-8H,5,9-11H2,1-4H3,(H,14,15). The molecule has 0 saturated carbocycles. The van der Waals surface area contributed by atoms with Gasteiger partial charge < -0.3 is 10.2 Å². The second-order valence-corrected chi connectivity index (χ2v) is 6.71. The number of hydrogen-bond donors (Lipinski definition) is 1. The number of anilines is 1. The summed E-state index contributed by atoms with van der Waals surface area (Å²) in [5.41, 5.74) is 0. The molecule has 0 unspecified atom stereocenters. The molecule has 1 aromatic rings. The molecule has 6 nitrogen and oxygen atoms in total. The molecule has 1 rings (SSSR count). The van der Waals surface area contributed by atoms with Crippen molar-refractivity contribution in [2.75, 3.05) is 46.1 Å². The lowest BCUT2D eigenvalue weighted by molar-refractivity contribution is 0.333. The topological polar surface area (TPSA) is 65.5 Å². The average Bonchev–Trinajstić information content (AvgIpc) is 2.42. The van der Waals surface area contributed by atoms with Gasteiger partial charge in [0, 0.05) is 32.9 Å². The Morgan fingerprint density at radius 2 is 1.95 bits per heavy atom. The highest BCUT2D eigenvalue weighted by Gasteiger charge is 2.26. The second kappa shape index (κ2) is 7.56. The molecule has 0 aliphatic carbocycles. The number of nitrogens with one attached hydrogen (secondary N) is 1. The fraction of sp³-hybridized carbons (Fsp3) is 0.615. The summed E-state index contributed by atoms with van der Waals surface area (Å²) in [5, 5.41) is 2.84. The van der Waals surface area contributed by atoms with Crippen molar-refractivity contribution in [2.24, 2.45) is 0 Å². The summed E-state index contributed by atoms with van der Waals surface area (Å²) in [7, 11) is 2.01. The van der Waals surface area contributed by atoms with Crippen molar-refractivity contribution in [3.8, 4) is 0 Å². The predicted molar refractivity (Wildman–Crippen MR) is 81.4 cm³/mol. The molecule has 0 atom stereocenters. The average molecular weight is 300 g/mol. The summed E-state index contributed by atoms with van der Waals surface area (Å²) < 4.78 is 27.0. The number of pyridine rings is 1. The minimum Gasteiger partial charge on any atom is -0.372 e. The van der Waals surface area contributed by atoms with Gasteiger partial charge in [0.15, 0.2) is 0 Å². The Kier molecular flexibility index (Phi) is 6.38. The van der Waals surface area contributed by atoms with Gasteiger partial charge in [-0.15, -0.1) is 0 Å². The SMILES string of the molecule is CCCN(CCN(C)C)S(=O)(=O)c1cccnc1NC. The molecule has 0 aliphatic heterocycles. The van der Waals surface area contributed by atoms with Crippen molar-refractivity contribution in [3.63, 3.8) is 0 Å². The van der Waals surface area contributed by atoms with E-state index in [9.17, 15) is 8.42 Å². The fourth-order valence-electron chi connectivity index (χ4n) is 1.84. The number of sulfonamides is 1. The van der Waals surface area contributed by atoms with Gasteiger partial charge in [-0.1, -0.05) is 6.92 Å². The fourth-order valence-corrected chi connectivity index (χ4v) is 3.51. The monoisotopic (exact) mass is 300 g/mol. The molecule has 0 fully saturated rings. The lowest BCUT2D eigenvalue weighted by Gasteiger charge is -2.24. The molecule has 7 heteroatoms. The van der Waals surface area contributed by atoms with Crippen LogP contribution in [0.25, 0.3) is 0 Å². The van der Waals surface area contributed by atoms with E-state index in [-0.39, 0.29) is 4.90 Å².